The maximum absolute atomic E-state index is 11.9. The van der Waals surface area contributed by atoms with Gasteiger partial charge in [-0.05, 0) is 0 Å². The number of carbonyl (C=O) groups excluding carboxylic acids is 1. The van der Waals surface area contributed by atoms with E-state index in [2.05, 4.69) is 30.3 Å². The molecular weight excluding hydrogens is 288 g/mol. The van der Waals surface area contributed by atoms with Gasteiger partial charge in [0.2, 0.25) is 0 Å². The first-order chi connectivity index (χ1) is 9.61. The fourth-order valence-corrected chi connectivity index (χ4v) is 1.60. The standard InChI is InChI=1S/C10H11ClN6O3/c1-20-8(18)4-17-10(19)9(11)6(2-15-17)12-3-7-13-5-14-16-7/h2,5,12H,3-4H2,1H3,(H,13,14,16). The molecule has 2 rings (SSSR count). The SMILES string of the molecule is COC(=O)Cn1ncc(NCc2ncn[nH]2)c(Cl)c1=O. The molecule has 0 amide bonds. The summed E-state index contributed by atoms with van der Waals surface area (Å²) in [5.41, 5.74) is -0.242. The number of nitrogens with zero attached hydrogens (tertiary/aromatic N) is 4. The van der Waals surface area contributed by atoms with Gasteiger partial charge in [-0.3, -0.25) is 14.7 Å². The van der Waals surface area contributed by atoms with Crippen LogP contribution in [0.15, 0.2) is 17.3 Å². The number of methoxy groups -OCH3 is 1. The third-order valence-corrected chi connectivity index (χ3v) is 2.77. The molecule has 9 nitrogen and oxygen atoms in total. The Morgan fingerprint density at radius 1 is 1.60 bits per heavy atom. The predicted octanol–water partition coefficient (Wildman–Crippen LogP) is -0.200. The predicted molar refractivity (Wildman–Crippen MR) is 69.2 cm³/mol. The number of rotatable bonds is 5. The van der Waals surface area contributed by atoms with Crippen molar-refractivity contribution in [1.29, 1.82) is 0 Å². The van der Waals surface area contributed by atoms with Gasteiger partial charge in [0.05, 0.1) is 25.5 Å². The van der Waals surface area contributed by atoms with Crippen LogP contribution >= 0.6 is 11.6 Å². The van der Waals surface area contributed by atoms with E-state index in [-0.39, 0.29) is 11.6 Å². The summed E-state index contributed by atoms with van der Waals surface area (Å²) in [5, 5.41) is 13.0. The quantitative estimate of drug-likeness (QED) is 0.734. The number of aromatic amines is 1. The van der Waals surface area contributed by atoms with Crippen LogP contribution in [0.5, 0.6) is 0 Å². The molecule has 2 aromatic heterocycles. The zero-order valence-electron chi connectivity index (χ0n) is 10.5. The highest BCUT2D eigenvalue weighted by Crippen LogP contribution is 2.15. The zero-order valence-corrected chi connectivity index (χ0v) is 11.2. The Bertz CT molecular complexity index is 654. The number of carbonyl (C=O) groups is 1. The van der Waals surface area contributed by atoms with E-state index in [1.807, 2.05) is 0 Å². The normalized spacial score (nSPS) is 10.3. The van der Waals surface area contributed by atoms with Gasteiger partial charge in [-0.15, -0.1) is 0 Å². The summed E-state index contributed by atoms with van der Waals surface area (Å²) in [6.45, 7) is 0.0132. The molecule has 2 aromatic rings. The van der Waals surface area contributed by atoms with Gasteiger partial charge in [0.15, 0.2) is 0 Å². The first-order valence-electron chi connectivity index (χ1n) is 5.52. The van der Waals surface area contributed by atoms with Gasteiger partial charge in [-0.1, -0.05) is 11.6 Å². The van der Waals surface area contributed by atoms with Crippen LogP contribution in [0.3, 0.4) is 0 Å². The lowest BCUT2D eigenvalue weighted by molar-refractivity contribution is -0.141. The van der Waals surface area contributed by atoms with Crippen LogP contribution < -0.4 is 10.9 Å². The van der Waals surface area contributed by atoms with E-state index >= 15 is 0 Å². The minimum absolute atomic E-state index is 0.0663. The average Bonchev–Trinajstić information content (AvgIpc) is 2.96. The fourth-order valence-electron chi connectivity index (χ4n) is 1.38. The average molecular weight is 299 g/mol. The lowest BCUT2D eigenvalue weighted by Gasteiger charge is -2.08. The van der Waals surface area contributed by atoms with Crippen molar-refractivity contribution in [3.05, 3.63) is 33.7 Å². The number of esters is 1. The largest absolute Gasteiger partial charge is 0.468 e. The minimum atomic E-state index is -0.585. The smallest absolute Gasteiger partial charge is 0.327 e. The Hall–Kier alpha value is -2.42. The molecule has 0 bridgehead atoms. The Morgan fingerprint density at radius 2 is 2.40 bits per heavy atom. The van der Waals surface area contributed by atoms with E-state index in [4.69, 9.17) is 11.6 Å². The molecule has 0 saturated heterocycles. The first-order valence-corrected chi connectivity index (χ1v) is 5.90. The minimum Gasteiger partial charge on any atom is -0.468 e. The van der Waals surface area contributed by atoms with Crippen molar-refractivity contribution in [2.24, 2.45) is 0 Å². The van der Waals surface area contributed by atoms with Gasteiger partial charge in [-0.2, -0.15) is 10.2 Å². The Labute approximate surface area is 117 Å². The summed E-state index contributed by atoms with van der Waals surface area (Å²) >= 11 is 5.93. The van der Waals surface area contributed by atoms with E-state index in [1.54, 1.807) is 0 Å². The van der Waals surface area contributed by atoms with Crippen LogP contribution in [0.4, 0.5) is 5.69 Å². The third kappa shape index (κ3) is 3.12. The van der Waals surface area contributed by atoms with Crippen LogP contribution in [0.1, 0.15) is 5.82 Å². The van der Waals surface area contributed by atoms with Crippen molar-refractivity contribution in [3.8, 4) is 0 Å². The van der Waals surface area contributed by atoms with Crippen molar-refractivity contribution in [2.45, 2.75) is 13.1 Å². The summed E-state index contributed by atoms with van der Waals surface area (Å²) in [7, 11) is 1.22. The van der Waals surface area contributed by atoms with Crippen molar-refractivity contribution in [2.75, 3.05) is 12.4 Å². The molecule has 20 heavy (non-hydrogen) atoms. The number of hydrogen-bond acceptors (Lipinski definition) is 7. The molecule has 10 heteroatoms. The summed E-state index contributed by atoms with van der Waals surface area (Å²) in [5.74, 6) is -0.00200. The van der Waals surface area contributed by atoms with Crippen molar-refractivity contribution >= 4 is 23.3 Å². The highest BCUT2D eigenvalue weighted by atomic mass is 35.5. The second kappa shape index (κ2) is 6.15. The number of hydrogen-bond donors (Lipinski definition) is 2. The summed E-state index contributed by atoms with van der Waals surface area (Å²) in [4.78, 5) is 26.9. The van der Waals surface area contributed by atoms with E-state index in [0.29, 0.717) is 18.1 Å². The van der Waals surface area contributed by atoms with Crippen LogP contribution in [0, 0.1) is 0 Å². The maximum Gasteiger partial charge on any atom is 0.327 e. The van der Waals surface area contributed by atoms with E-state index in [1.165, 1.54) is 19.6 Å². The second-order valence-electron chi connectivity index (χ2n) is 3.70. The first kappa shape index (κ1) is 14.0. The van der Waals surface area contributed by atoms with Crippen LogP contribution in [-0.2, 0) is 22.6 Å². The van der Waals surface area contributed by atoms with Gasteiger partial charge in [0, 0.05) is 0 Å². The van der Waals surface area contributed by atoms with Crippen molar-refractivity contribution in [3.63, 3.8) is 0 Å². The topological polar surface area (TPSA) is 115 Å². The van der Waals surface area contributed by atoms with Gasteiger partial charge in [0.25, 0.3) is 5.56 Å². The number of halogens is 1. The van der Waals surface area contributed by atoms with Crippen LogP contribution in [0.25, 0.3) is 0 Å². The monoisotopic (exact) mass is 298 g/mol. The number of ether oxygens (including phenoxy) is 1. The molecule has 0 radical (unpaired) electrons. The summed E-state index contributed by atoms with van der Waals surface area (Å²) in [6.07, 6.45) is 2.72. The second-order valence-corrected chi connectivity index (χ2v) is 4.07. The molecule has 0 aliphatic carbocycles. The molecule has 0 fully saturated rings. The van der Waals surface area contributed by atoms with Crippen LogP contribution in [0.2, 0.25) is 5.02 Å². The molecule has 0 spiro atoms. The Kier molecular flexibility index (Phi) is 4.31. The number of anilines is 1. The highest BCUT2D eigenvalue weighted by Gasteiger charge is 2.12. The summed E-state index contributed by atoms with van der Waals surface area (Å²) < 4.78 is 5.38. The van der Waals surface area contributed by atoms with E-state index < -0.39 is 11.5 Å². The fraction of sp³-hybridized carbons (Fsp3) is 0.300. The molecular formula is C10H11ClN6O3. The van der Waals surface area contributed by atoms with Crippen molar-refractivity contribution in [1.82, 2.24) is 25.0 Å². The molecule has 0 saturated carbocycles. The van der Waals surface area contributed by atoms with Gasteiger partial charge in [0.1, 0.15) is 23.7 Å². The molecule has 106 valence electrons. The Balaban J connectivity index is 2.14. The highest BCUT2D eigenvalue weighted by molar-refractivity contribution is 6.32. The van der Waals surface area contributed by atoms with Gasteiger partial charge < -0.3 is 10.1 Å². The van der Waals surface area contributed by atoms with Crippen LogP contribution in [-0.4, -0.2) is 38.0 Å². The molecule has 0 unspecified atom stereocenters. The van der Waals surface area contributed by atoms with Gasteiger partial charge in [-0.25, -0.2) is 9.67 Å². The number of H-pyrrole nitrogens is 1. The molecule has 2 heterocycles. The molecule has 0 atom stereocenters. The van der Waals surface area contributed by atoms with E-state index in [0.717, 1.165) is 4.68 Å². The maximum atomic E-state index is 11.9. The molecule has 2 N–H and O–H groups in total. The lowest BCUT2D eigenvalue weighted by Crippen LogP contribution is -2.28. The zero-order chi connectivity index (χ0) is 14.5. The third-order valence-electron chi connectivity index (χ3n) is 2.40. The Morgan fingerprint density at radius 3 is 3.05 bits per heavy atom. The molecule has 0 aliphatic heterocycles. The lowest BCUT2D eigenvalue weighted by atomic mass is 10.4. The summed E-state index contributed by atoms with van der Waals surface area (Å²) in [6, 6.07) is 0. The number of aromatic nitrogens is 5. The molecule has 0 aromatic carbocycles. The van der Waals surface area contributed by atoms with Gasteiger partial charge >= 0.3 is 5.97 Å². The van der Waals surface area contributed by atoms with Crippen molar-refractivity contribution < 1.29 is 9.53 Å². The van der Waals surface area contributed by atoms with E-state index in [9.17, 15) is 9.59 Å². The number of nitrogens with one attached hydrogen (secondary N) is 2. The molecule has 0 aliphatic rings.